The lowest BCUT2D eigenvalue weighted by atomic mass is 10.0. The van der Waals surface area contributed by atoms with Crippen LogP contribution in [0.5, 0.6) is 5.75 Å². The molecule has 2 aromatic rings. The van der Waals surface area contributed by atoms with Gasteiger partial charge in [0, 0.05) is 11.3 Å². The van der Waals surface area contributed by atoms with Gasteiger partial charge in [-0.1, -0.05) is 6.07 Å². The summed E-state index contributed by atoms with van der Waals surface area (Å²) in [6, 6.07) is 7.64. The quantitative estimate of drug-likeness (QED) is 0.857. The van der Waals surface area contributed by atoms with Gasteiger partial charge in [0.25, 0.3) is 0 Å². The van der Waals surface area contributed by atoms with Crippen LogP contribution in [0.15, 0.2) is 18.2 Å². The number of H-pyrrole nitrogens is 1. The molecule has 1 aromatic heterocycles. The maximum Gasteiger partial charge on any atom is 0.137 e. The molecule has 0 unspecified atom stereocenters. The summed E-state index contributed by atoms with van der Waals surface area (Å²) in [7, 11) is 1.56. The Balaban J connectivity index is 2.59. The SMILES string of the molecule is COc1cc(-c2c(C)n[nH]c2C)ccc1C#N. The summed E-state index contributed by atoms with van der Waals surface area (Å²) in [4.78, 5) is 0. The Labute approximate surface area is 99.9 Å². The molecule has 0 radical (unpaired) electrons. The van der Waals surface area contributed by atoms with E-state index in [1.54, 1.807) is 13.2 Å². The van der Waals surface area contributed by atoms with Gasteiger partial charge in [-0.05, 0) is 31.5 Å². The molecule has 2 rings (SSSR count). The molecule has 4 nitrogen and oxygen atoms in total. The van der Waals surface area contributed by atoms with Crippen LogP contribution in [-0.2, 0) is 0 Å². The third-order valence-corrected chi connectivity index (χ3v) is 2.74. The van der Waals surface area contributed by atoms with Crippen LogP contribution in [0.3, 0.4) is 0 Å². The number of nitrogens with zero attached hydrogens (tertiary/aromatic N) is 2. The molecular formula is C13H13N3O. The predicted molar refractivity (Wildman–Crippen MR) is 64.8 cm³/mol. The molecule has 0 amide bonds. The smallest absolute Gasteiger partial charge is 0.137 e. The Morgan fingerprint density at radius 1 is 1.35 bits per heavy atom. The first kappa shape index (κ1) is 11.2. The minimum absolute atomic E-state index is 0.537. The van der Waals surface area contributed by atoms with Crippen molar-refractivity contribution in [2.45, 2.75) is 13.8 Å². The molecule has 0 saturated carbocycles. The van der Waals surface area contributed by atoms with Crippen molar-refractivity contribution < 1.29 is 4.74 Å². The van der Waals surface area contributed by atoms with Crippen LogP contribution >= 0.6 is 0 Å². The zero-order chi connectivity index (χ0) is 12.4. The maximum absolute atomic E-state index is 8.93. The van der Waals surface area contributed by atoms with E-state index in [-0.39, 0.29) is 0 Å². The molecular weight excluding hydrogens is 214 g/mol. The fourth-order valence-corrected chi connectivity index (χ4v) is 1.92. The zero-order valence-electron chi connectivity index (χ0n) is 10.0. The van der Waals surface area contributed by atoms with Crippen LogP contribution in [0.1, 0.15) is 17.0 Å². The lowest BCUT2D eigenvalue weighted by Gasteiger charge is -2.06. The van der Waals surface area contributed by atoms with E-state index in [9.17, 15) is 0 Å². The minimum Gasteiger partial charge on any atom is -0.495 e. The van der Waals surface area contributed by atoms with Crippen molar-refractivity contribution in [3.8, 4) is 22.9 Å². The molecule has 0 atom stereocenters. The van der Waals surface area contributed by atoms with E-state index >= 15 is 0 Å². The standard InChI is InChI=1S/C13H13N3O/c1-8-13(9(2)16-15-8)10-4-5-11(7-14)12(6-10)17-3/h4-6H,1-3H3,(H,15,16). The summed E-state index contributed by atoms with van der Waals surface area (Å²) in [6.45, 7) is 3.92. The van der Waals surface area contributed by atoms with E-state index in [0.29, 0.717) is 11.3 Å². The fraction of sp³-hybridized carbons (Fsp3) is 0.231. The maximum atomic E-state index is 8.93. The zero-order valence-corrected chi connectivity index (χ0v) is 10.0. The first-order valence-corrected chi connectivity index (χ1v) is 5.27. The van der Waals surface area contributed by atoms with Crippen molar-refractivity contribution >= 4 is 0 Å². The third-order valence-electron chi connectivity index (χ3n) is 2.74. The highest BCUT2D eigenvalue weighted by atomic mass is 16.5. The summed E-state index contributed by atoms with van der Waals surface area (Å²) < 4.78 is 5.20. The first-order valence-electron chi connectivity index (χ1n) is 5.27. The van der Waals surface area contributed by atoms with Crippen molar-refractivity contribution in [1.82, 2.24) is 10.2 Å². The van der Waals surface area contributed by atoms with E-state index in [1.807, 2.05) is 26.0 Å². The number of nitriles is 1. The number of aromatic nitrogens is 2. The first-order chi connectivity index (χ1) is 8.17. The van der Waals surface area contributed by atoms with Crippen molar-refractivity contribution in [2.75, 3.05) is 7.11 Å². The molecule has 86 valence electrons. The summed E-state index contributed by atoms with van der Waals surface area (Å²) in [5.41, 5.74) is 4.55. The highest BCUT2D eigenvalue weighted by Gasteiger charge is 2.11. The lowest BCUT2D eigenvalue weighted by molar-refractivity contribution is 0.413. The Hall–Kier alpha value is -2.28. The summed E-state index contributed by atoms with van der Waals surface area (Å²) in [5.74, 6) is 0.588. The number of hydrogen-bond acceptors (Lipinski definition) is 3. The van der Waals surface area contributed by atoms with Crippen LogP contribution in [0, 0.1) is 25.2 Å². The average molecular weight is 227 g/mol. The molecule has 0 fully saturated rings. The highest BCUT2D eigenvalue weighted by Crippen LogP contribution is 2.30. The molecule has 0 spiro atoms. The second kappa shape index (κ2) is 4.30. The molecule has 0 aliphatic carbocycles. The predicted octanol–water partition coefficient (Wildman–Crippen LogP) is 2.57. The van der Waals surface area contributed by atoms with Gasteiger partial charge in [0.15, 0.2) is 0 Å². The number of benzene rings is 1. The Bertz CT molecular complexity index is 574. The van der Waals surface area contributed by atoms with Crippen LogP contribution in [0.25, 0.3) is 11.1 Å². The summed E-state index contributed by atoms with van der Waals surface area (Å²) >= 11 is 0. The number of nitrogens with one attached hydrogen (secondary N) is 1. The van der Waals surface area contributed by atoms with E-state index in [2.05, 4.69) is 16.3 Å². The van der Waals surface area contributed by atoms with Crippen LogP contribution in [0.4, 0.5) is 0 Å². The number of aryl methyl sites for hydroxylation is 2. The summed E-state index contributed by atoms with van der Waals surface area (Å²) in [6.07, 6.45) is 0. The van der Waals surface area contributed by atoms with Crippen LogP contribution < -0.4 is 4.74 Å². The second-order valence-corrected chi connectivity index (χ2v) is 3.84. The highest BCUT2D eigenvalue weighted by molar-refractivity contribution is 5.71. The Kier molecular flexibility index (Phi) is 2.84. The Morgan fingerprint density at radius 2 is 2.12 bits per heavy atom. The van der Waals surface area contributed by atoms with Gasteiger partial charge in [-0.2, -0.15) is 10.4 Å². The van der Waals surface area contributed by atoms with Gasteiger partial charge in [-0.3, -0.25) is 5.10 Å². The second-order valence-electron chi connectivity index (χ2n) is 3.84. The normalized spacial score (nSPS) is 10.0. The van der Waals surface area contributed by atoms with Gasteiger partial charge in [0.05, 0.1) is 18.4 Å². The molecule has 4 heteroatoms. The van der Waals surface area contributed by atoms with Gasteiger partial charge in [0.2, 0.25) is 0 Å². The number of aromatic amines is 1. The number of hydrogen-bond donors (Lipinski definition) is 1. The number of methoxy groups -OCH3 is 1. The fourth-order valence-electron chi connectivity index (χ4n) is 1.92. The average Bonchev–Trinajstić information content (AvgIpc) is 2.68. The topological polar surface area (TPSA) is 61.7 Å². The monoisotopic (exact) mass is 227 g/mol. The third kappa shape index (κ3) is 1.87. The molecule has 0 bridgehead atoms. The van der Waals surface area contributed by atoms with Gasteiger partial charge < -0.3 is 4.74 Å². The van der Waals surface area contributed by atoms with Crippen LogP contribution in [0.2, 0.25) is 0 Å². The summed E-state index contributed by atoms with van der Waals surface area (Å²) in [5, 5.41) is 16.0. The van der Waals surface area contributed by atoms with Gasteiger partial charge in [0.1, 0.15) is 11.8 Å². The van der Waals surface area contributed by atoms with Crippen molar-refractivity contribution in [1.29, 1.82) is 5.26 Å². The lowest BCUT2D eigenvalue weighted by Crippen LogP contribution is -1.90. The van der Waals surface area contributed by atoms with E-state index in [4.69, 9.17) is 10.00 Å². The molecule has 0 aliphatic rings. The van der Waals surface area contributed by atoms with Gasteiger partial charge >= 0.3 is 0 Å². The van der Waals surface area contributed by atoms with Crippen molar-refractivity contribution in [3.05, 3.63) is 35.2 Å². The molecule has 17 heavy (non-hydrogen) atoms. The van der Waals surface area contributed by atoms with Crippen molar-refractivity contribution in [3.63, 3.8) is 0 Å². The molecule has 0 saturated heterocycles. The van der Waals surface area contributed by atoms with Gasteiger partial charge in [-0.15, -0.1) is 0 Å². The largest absolute Gasteiger partial charge is 0.495 e. The Morgan fingerprint density at radius 3 is 2.65 bits per heavy atom. The van der Waals surface area contributed by atoms with E-state index < -0.39 is 0 Å². The molecule has 1 aromatic carbocycles. The van der Waals surface area contributed by atoms with E-state index in [0.717, 1.165) is 22.5 Å². The van der Waals surface area contributed by atoms with Crippen molar-refractivity contribution in [2.24, 2.45) is 0 Å². The molecule has 1 N–H and O–H groups in total. The van der Waals surface area contributed by atoms with Crippen LogP contribution in [-0.4, -0.2) is 17.3 Å². The number of rotatable bonds is 2. The molecule has 0 aliphatic heterocycles. The van der Waals surface area contributed by atoms with E-state index in [1.165, 1.54) is 0 Å². The van der Waals surface area contributed by atoms with Gasteiger partial charge in [-0.25, -0.2) is 0 Å². The number of ether oxygens (including phenoxy) is 1. The minimum atomic E-state index is 0.537. The molecule has 1 heterocycles.